The van der Waals surface area contributed by atoms with Crippen molar-refractivity contribution in [2.75, 3.05) is 26.1 Å². The van der Waals surface area contributed by atoms with E-state index in [9.17, 15) is 4.39 Å². The molecule has 2 aromatic carbocycles. The van der Waals surface area contributed by atoms with Gasteiger partial charge in [0.15, 0.2) is 0 Å². The van der Waals surface area contributed by atoms with Crippen molar-refractivity contribution in [3.63, 3.8) is 0 Å². The number of hydrogen-bond acceptors (Lipinski definition) is 7. The number of aromatic nitrogens is 5. The van der Waals surface area contributed by atoms with Gasteiger partial charge in [0.05, 0.1) is 36.8 Å². The number of halogens is 1. The molecular formula is C27H25FN6O2. The maximum absolute atomic E-state index is 13.9. The lowest BCUT2D eigenvalue weighted by molar-refractivity contribution is 0.397. The summed E-state index contributed by atoms with van der Waals surface area (Å²) in [7, 11) is 3.21. The molecule has 0 radical (unpaired) electrons. The van der Waals surface area contributed by atoms with Crippen molar-refractivity contribution in [1.82, 2.24) is 24.5 Å². The van der Waals surface area contributed by atoms with Gasteiger partial charge in [0.2, 0.25) is 5.88 Å². The highest BCUT2D eigenvalue weighted by Gasteiger charge is 2.15. The number of methoxy groups -OCH3 is 2. The van der Waals surface area contributed by atoms with Crippen LogP contribution in [0.2, 0.25) is 0 Å². The SMILES string of the molecule is COc1cc(-c2ccc(-c3cc(NCCn4c(C)c(OC)c5ccc(F)cc54)ncn3)cc2)ncn1. The molecule has 0 unspecified atom stereocenters. The van der Waals surface area contributed by atoms with Crippen LogP contribution >= 0.6 is 0 Å². The van der Waals surface area contributed by atoms with Crippen molar-refractivity contribution in [2.45, 2.75) is 13.5 Å². The Labute approximate surface area is 207 Å². The van der Waals surface area contributed by atoms with Crippen LogP contribution in [0.1, 0.15) is 5.69 Å². The van der Waals surface area contributed by atoms with Crippen LogP contribution < -0.4 is 14.8 Å². The van der Waals surface area contributed by atoms with E-state index in [0.29, 0.717) is 24.8 Å². The first kappa shape index (κ1) is 23.2. The molecule has 0 atom stereocenters. The van der Waals surface area contributed by atoms with Crippen LogP contribution in [0, 0.1) is 12.7 Å². The first-order chi connectivity index (χ1) is 17.6. The molecule has 0 spiro atoms. The van der Waals surface area contributed by atoms with Crippen LogP contribution in [0.25, 0.3) is 33.4 Å². The second-order valence-electron chi connectivity index (χ2n) is 8.17. The van der Waals surface area contributed by atoms with Crippen molar-refractivity contribution in [1.29, 1.82) is 0 Å². The fourth-order valence-electron chi connectivity index (χ4n) is 4.29. The maximum Gasteiger partial charge on any atom is 0.216 e. The summed E-state index contributed by atoms with van der Waals surface area (Å²) in [5.41, 5.74) is 5.24. The molecule has 0 bridgehead atoms. The van der Waals surface area contributed by atoms with Crippen molar-refractivity contribution in [3.05, 3.63) is 78.8 Å². The standard InChI is InChI=1S/C27H25FN6O2/c1-17-27(36-3)21-9-8-20(28)12-24(21)34(17)11-10-29-25-13-22(30-15-32-25)18-4-6-19(7-5-18)23-14-26(35-2)33-16-31-23/h4-9,12-16H,10-11H2,1-3H3,(H,29,30,32). The fraction of sp³-hybridized carbons (Fsp3) is 0.185. The molecule has 3 aromatic heterocycles. The zero-order valence-corrected chi connectivity index (χ0v) is 20.2. The minimum Gasteiger partial charge on any atom is -0.494 e. The van der Waals surface area contributed by atoms with E-state index in [2.05, 4.69) is 25.3 Å². The van der Waals surface area contributed by atoms with E-state index in [4.69, 9.17) is 9.47 Å². The Balaban J connectivity index is 1.30. The molecule has 1 N–H and O–H groups in total. The van der Waals surface area contributed by atoms with E-state index in [1.807, 2.05) is 41.8 Å². The van der Waals surface area contributed by atoms with E-state index in [1.165, 1.54) is 24.8 Å². The predicted molar refractivity (Wildman–Crippen MR) is 137 cm³/mol. The van der Waals surface area contributed by atoms with Crippen molar-refractivity contribution >= 4 is 16.7 Å². The molecule has 0 fully saturated rings. The molecule has 0 aliphatic rings. The highest BCUT2D eigenvalue weighted by atomic mass is 19.1. The number of benzene rings is 2. The van der Waals surface area contributed by atoms with E-state index in [-0.39, 0.29) is 5.82 Å². The Morgan fingerprint density at radius 2 is 1.53 bits per heavy atom. The lowest BCUT2D eigenvalue weighted by atomic mass is 10.1. The first-order valence-electron chi connectivity index (χ1n) is 11.4. The van der Waals surface area contributed by atoms with E-state index < -0.39 is 0 Å². The lowest BCUT2D eigenvalue weighted by Crippen LogP contribution is -2.12. The van der Waals surface area contributed by atoms with Crippen LogP contribution in [0.4, 0.5) is 10.2 Å². The van der Waals surface area contributed by atoms with Crippen LogP contribution in [-0.2, 0) is 6.54 Å². The number of ether oxygens (including phenoxy) is 2. The molecule has 36 heavy (non-hydrogen) atoms. The largest absolute Gasteiger partial charge is 0.494 e. The van der Waals surface area contributed by atoms with Gasteiger partial charge >= 0.3 is 0 Å². The summed E-state index contributed by atoms with van der Waals surface area (Å²) in [5.74, 6) is 1.71. The maximum atomic E-state index is 13.9. The zero-order valence-electron chi connectivity index (χ0n) is 20.2. The molecule has 5 rings (SSSR count). The second kappa shape index (κ2) is 9.99. The van der Waals surface area contributed by atoms with Gasteiger partial charge in [-0.15, -0.1) is 0 Å². The molecule has 0 saturated carbocycles. The summed E-state index contributed by atoms with van der Waals surface area (Å²) in [6, 6.07) is 16.4. The van der Waals surface area contributed by atoms with Gasteiger partial charge in [-0.05, 0) is 25.1 Å². The first-order valence-corrected chi connectivity index (χ1v) is 11.4. The highest BCUT2D eigenvalue weighted by Crippen LogP contribution is 2.33. The normalized spacial score (nSPS) is 11.0. The second-order valence-corrected chi connectivity index (χ2v) is 8.17. The van der Waals surface area contributed by atoms with Gasteiger partial charge in [0, 0.05) is 41.7 Å². The van der Waals surface area contributed by atoms with Gasteiger partial charge in [-0.1, -0.05) is 24.3 Å². The Bertz CT molecular complexity index is 1520. The zero-order chi connectivity index (χ0) is 25.1. The third-order valence-electron chi connectivity index (χ3n) is 6.07. The molecule has 3 heterocycles. The summed E-state index contributed by atoms with van der Waals surface area (Å²) >= 11 is 0. The van der Waals surface area contributed by atoms with Gasteiger partial charge in [0.25, 0.3) is 0 Å². The Kier molecular flexibility index (Phi) is 6.44. The molecular weight excluding hydrogens is 459 g/mol. The number of nitrogens with zero attached hydrogens (tertiary/aromatic N) is 5. The monoisotopic (exact) mass is 484 g/mol. The molecule has 182 valence electrons. The smallest absolute Gasteiger partial charge is 0.216 e. The van der Waals surface area contributed by atoms with Crippen LogP contribution in [0.15, 0.2) is 67.3 Å². The fourth-order valence-corrected chi connectivity index (χ4v) is 4.29. The number of fused-ring (bicyclic) bond motifs is 1. The molecule has 0 aliphatic carbocycles. The molecule has 9 heteroatoms. The number of anilines is 1. The minimum absolute atomic E-state index is 0.276. The third kappa shape index (κ3) is 4.55. The van der Waals surface area contributed by atoms with Crippen LogP contribution in [0.3, 0.4) is 0 Å². The van der Waals surface area contributed by atoms with Crippen molar-refractivity contribution in [3.8, 4) is 34.1 Å². The molecule has 5 aromatic rings. The van der Waals surface area contributed by atoms with Crippen LogP contribution in [-0.4, -0.2) is 45.3 Å². The molecule has 0 amide bonds. The van der Waals surface area contributed by atoms with E-state index in [0.717, 1.165) is 44.9 Å². The summed E-state index contributed by atoms with van der Waals surface area (Å²) in [5, 5.41) is 4.24. The average molecular weight is 485 g/mol. The third-order valence-corrected chi connectivity index (χ3v) is 6.07. The van der Waals surface area contributed by atoms with Crippen molar-refractivity contribution < 1.29 is 13.9 Å². The van der Waals surface area contributed by atoms with E-state index in [1.54, 1.807) is 26.4 Å². The topological polar surface area (TPSA) is 87.0 Å². The predicted octanol–water partition coefficient (Wildman–Crippen LogP) is 5.13. The van der Waals surface area contributed by atoms with Crippen molar-refractivity contribution in [2.24, 2.45) is 0 Å². The summed E-state index contributed by atoms with van der Waals surface area (Å²) in [6.45, 7) is 3.18. The quantitative estimate of drug-likeness (QED) is 0.327. The molecule has 0 aliphatic heterocycles. The summed E-state index contributed by atoms with van der Waals surface area (Å²) in [4.78, 5) is 17.1. The summed E-state index contributed by atoms with van der Waals surface area (Å²) in [6.07, 6.45) is 3.02. The number of hydrogen-bond donors (Lipinski definition) is 1. The van der Waals surface area contributed by atoms with E-state index >= 15 is 0 Å². The number of rotatable bonds is 8. The Morgan fingerprint density at radius 1 is 0.833 bits per heavy atom. The van der Waals surface area contributed by atoms with Gasteiger partial charge in [-0.3, -0.25) is 0 Å². The Morgan fingerprint density at radius 3 is 2.22 bits per heavy atom. The summed E-state index contributed by atoms with van der Waals surface area (Å²) < 4.78 is 26.7. The van der Waals surface area contributed by atoms with Gasteiger partial charge in [-0.2, -0.15) is 0 Å². The lowest BCUT2D eigenvalue weighted by Gasteiger charge is -2.11. The molecule has 8 nitrogen and oxygen atoms in total. The molecule has 0 saturated heterocycles. The van der Waals surface area contributed by atoms with Gasteiger partial charge < -0.3 is 19.4 Å². The highest BCUT2D eigenvalue weighted by molar-refractivity contribution is 5.88. The van der Waals surface area contributed by atoms with Gasteiger partial charge in [-0.25, -0.2) is 24.3 Å². The Hall–Kier alpha value is -4.53. The average Bonchev–Trinajstić information content (AvgIpc) is 3.18. The number of nitrogens with one attached hydrogen (secondary N) is 1. The van der Waals surface area contributed by atoms with Crippen LogP contribution in [0.5, 0.6) is 11.6 Å². The van der Waals surface area contributed by atoms with Gasteiger partial charge in [0.1, 0.15) is 30.0 Å². The minimum atomic E-state index is -0.276.